The van der Waals surface area contributed by atoms with Gasteiger partial charge in [0.1, 0.15) is 11.5 Å². The Morgan fingerprint density at radius 1 is 0.977 bits per heavy atom. The van der Waals surface area contributed by atoms with Gasteiger partial charge in [-0.3, -0.25) is 14.4 Å². The van der Waals surface area contributed by atoms with Crippen LogP contribution in [-0.4, -0.2) is 80.6 Å². The maximum absolute atomic E-state index is 13.6. The summed E-state index contributed by atoms with van der Waals surface area (Å²) in [5.41, 5.74) is 2.12. The van der Waals surface area contributed by atoms with Crippen molar-refractivity contribution in [3.8, 4) is 23.0 Å². The number of rotatable bonds is 3. The summed E-state index contributed by atoms with van der Waals surface area (Å²) in [7, 11) is 4.69. The summed E-state index contributed by atoms with van der Waals surface area (Å²) in [5.74, 6) is 1.43. The minimum Gasteiger partial charge on any atom is -0.496 e. The molecule has 4 bridgehead atoms. The number of nitrogens with one attached hydrogen (secondary N) is 1. The first-order valence-electron chi connectivity index (χ1n) is 14.5. The predicted molar refractivity (Wildman–Crippen MR) is 165 cm³/mol. The lowest BCUT2D eigenvalue weighted by Gasteiger charge is -2.39. The summed E-state index contributed by atoms with van der Waals surface area (Å²) in [5, 5.41) is 3.47. The zero-order chi connectivity index (χ0) is 31.2. The maximum atomic E-state index is 13.6. The molecule has 232 valence electrons. The molecule has 1 N–H and O–H groups in total. The molecule has 0 radical (unpaired) electrons. The van der Waals surface area contributed by atoms with Crippen LogP contribution in [0.15, 0.2) is 60.7 Å². The molecule has 6 rings (SSSR count). The maximum Gasteiger partial charge on any atom is 0.257 e. The Morgan fingerprint density at radius 2 is 1.80 bits per heavy atom. The van der Waals surface area contributed by atoms with Gasteiger partial charge in [-0.1, -0.05) is 29.8 Å². The van der Waals surface area contributed by atoms with E-state index in [4.69, 9.17) is 30.5 Å². The number of fused-ring (bicyclic) bond motifs is 9. The van der Waals surface area contributed by atoms with Crippen molar-refractivity contribution in [1.82, 2.24) is 15.1 Å². The van der Waals surface area contributed by atoms with E-state index < -0.39 is 6.10 Å². The Balaban J connectivity index is 1.41. The van der Waals surface area contributed by atoms with Gasteiger partial charge in [0.25, 0.3) is 5.91 Å². The van der Waals surface area contributed by atoms with Gasteiger partial charge in [0.2, 0.25) is 11.8 Å². The summed E-state index contributed by atoms with van der Waals surface area (Å²) in [6.07, 6.45) is 0.645. The van der Waals surface area contributed by atoms with Crippen LogP contribution in [0.25, 0.3) is 0 Å². The number of aryl methyl sites for hydroxylation is 1. The molecule has 1 saturated heterocycles. The third-order valence-corrected chi connectivity index (χ3v) is 8.07. The molecule has 0 saturated carbocycles. The van der Waals surface area contributed by atoms with Gasteiger partial charge in [-0.25, -0.2) is 0 Å². The smallest absolute Gasteiger partial charge is 0.257 e. The number of ether oxygens (including phenoxy) is 4. The van der Waals surface area contributed by atoms with Crippen molar-refractivity contribution in [3.63, 3.8) is 0 Å². The number of nitrogens with zero attached hydrogens (tertiary/aromatic N) is 2. The zero-order valence-corrected chi connectivity index (χ0v) is 25.8. The van der Waals surface area contributed by atoms with Gasteiger partial charge >= 0.3 is 0 Å². The van der Waals surface area contributed by atoms with E-state index in [0.717, 1.165) is 11.1 Å². The minimum atomic E-state index is -0.526. The van der Waals surface area contributed by atoms with E-state index in [1.165, 1.54) is 12.0 Å². The number of likely N-dealkylation sites (N-methyl/N-ethyl adjacent to an activating group) is 1. The highest BCUT2D eigenvalue weighted by molar-refractivity contribution is 6.31. The SMILES string of the molecule is COc1cc2ccc1Oc1cccc(c1)CO[C@H]1CN(C(=O)c3cc(Cl)ccc3OC)CC[C@@H]1NC(=O)CN(C)C(=O)CC2. The Labute approximate surface area is 261 Å². The van der Waals surface area contributed by atoms with E-state index >= 15 is 0 Å². The molecule has 3 aliphatic heterocycles. The largest absolute Gasteiger partial charge is 0.496 e. The molecule has 3 aliphatic rings. The molecule has 0 spiro atoms. The summed E-state index contributed by atoms with van der Waals surface area (Å²) in [4.78, 5) is 42.7. The van der Waals surface area contributed by atoms with Crippen LogP contribution >= 0.6 is 11.6 Å². The number of halogens is 1. The minimum absolute atomic E-state index is 0.0947. The fourth-order valence-electron chi connectivity index (χ4n) is 5.43. The second kappa shape index (κ2) is 14.0. The van der Waals surface area contributed by atoms with Crippen molar-refractivity contribution in [2.75, 3.05) is 40.9 Å². The average Bonchev–Trinajstić information content (AvgIpc) is 3.03. The number of carbonyl (C=O) groups is 3. The second-order valence-electron chi connectivity index (χ2n) is 10.9. The van der Waals surface area contributed by atoms with Gasteiger partial charge in [0.05, 0.1) is 45.1 Å². The van der Waals surface area contributed by atoms with Crippen LogP contribution in [-0.2, 0) is 27.4 Å². The van der Waals surface area contributed by atoms with Crippen molar-refractivity contribution in [3.05, 3.63) is 82.4 Å². The Hall–Kier alpha value is -4.28. The van der Waals surface area contributed by atoms with E-state index in [9.17, 15) is 14.4 Å². The number of hydrogen-bond acceptors (Lipinski definition) is 7. The zero-order valence-electron chi connectivity index (χ0n) is 25.0. The summed E-state index contributed by atoms with van der Waals surface area (Å²) in [6, 6.07) is 17.6. The monoisotopic (exact) mass is 621 g/mol. The normalized spacial score (nSPS) is 19.5. The van der Waals surface area contributed by atoms with Crippen molar-refractivity contribution >= 4 is 29.3 Å². The summed E-state index contributed by atoms with van der Waals surface area (Å²) >= 11 is 6.20. The van der Waals surface area contributed by atoms with Gasteiger partial charge in [0.15, 0.2) is 11.5 Å². The highest BCUT2D eigenvalue weighted by atomic mass is 35.5. The number of amides is 3. The standard InChI is InChI=1S/C33H36ClN3O7/c1-36-19-31(38)35-26-13-14-37(33(40)25-17-23(34)9-11-27(25)41-2)18-30(26)43-20-22-5-4-6-24(15-22)44-28-10-7-21(8-12-32(36)39)16-29(28)42-3/h4-7,9-11,15-17,26,30H,8,12-14,18-20H2,1-3H3,(H,35,38)/t26-,30-/m0/s1. The number of hydrogen-bond donors (Lipinski definition) is 1. The average molecular weight is 622 g/mol. The molecule has 0 aliphatic carbocycles. The van der Waals surface area contributed by atoms with Gasteiger partial charge in [-0.15, -0.1) is 0 Å². The van der Waals surface area contributed by atoms with Gasteiger partial charge in [-0.05, 0) is 66.4 Å². The third kappa shape index (κ3) is 7.43. The quantitative estimate of drug-likeness (QED) is 0.460. The first kappa shape index (κ1) is 31.2. The fourth-order valence-corrected chi connectivity index (χ4v) is 5.60. The molecular formula is C33H36ClN3O7. The molecule has 11 heteroatoms. The van der Waals surface area contributed by atoms with E-state index in [1.54, 1.807) is 37.3 Å². The molecule has 0 aromatic heterocycles. The van der Waals surface area contributed by atoms with E-state index in [1.807, 2.05) is 42.5 Å². The lowest BCUT2D eigenvalue weighted by molar-refractivity contribution is -0.135. The number of benzene rings is 3. The van der Waals surface area contributed by atoms with Crippen LogP contribution in [0, 0.1) is 0 Å². The number of carbonyl (C=O) groups excluding carboxylic acids is 3. The lowest BCUT2D eigenvalue weighted by atomic mass is 10.00. The van der Waals surface area contributed by atoms with Gasteiger partial charge in [0, 0.05) is 31.6 Å². The van der Waals surface area contributed by atoms with E-state index in [0.29, 0.717) is 53.0 Å². The van der Waals surface area contributed by atoms with Crippen molar-refractivity contribution < 1.29 is 33.3 Å². The first-order valence-corrected chi connectivity index (χ1v) is 14.8. The highest BCUT2D eigenvalue weighted by Crippen LogP contribution is 2.33. The van der Waals surface area contributed by atoms with Crippen LogP contribution in [0.1, 0.15) is 34.3 Å². The van der Waals surface area contributed by atoms with Crippen LogP contribution in [0.3, 0.4) is 0 Å². The number of methoxy groups -OCH3 is 2. The van der Waals surface area contributed by atoms with Gasteiger partial charge < -0.3 is 34.1 Å². The molecule has 3 aromatic rings. The molecule has 1 fully saturated rings. The molecule has 3 heterocycles. The van der Waals surface area contributed by atoms with Crippen LogP contribution in [0.2, 0.25) is 5.02 Å². The summed E-state index contributed by atoms with van der Waals surface area (Å²) < 4.78 is 23.5. The van der Waals surface area contributed by atoms with Crippen LogP contribution < -0.4 is 19.5 Å². The summed E-state index contributed by atoms with van der Waals surface area (Å²) in [6.45, 7) is 0.734. The molecule has 44 heavy (non-hydrogen) atoms. The Morgan fingerprint density at radius 3 is 2.59 bits per heavy atom. The van der Waals surface area contributed by atoms with Gasteiger partial charge in [-0.2, -0.15) is 0 Å². The topological polar surface area (TPSA) is 107 Å². The van der Waals surface area contributed by atoms with Crippen molar-refractivity contribution in [2.24, 2.45) is 0 Å². The first-order chi connectivity index (χ1) is 21.2. The molecule has 2 atom stereocenters. The second-order valence-corrected chi connectivity index (χ2v) is 11.3. The Kier molecular flexibility index (Phi) is 9.92. The molecule has 10 nitrogen and oxygen atoms in total. The predicted octanol–water partition coefficient (Wildman–Crippen LogP) is 4.47. The van der Waals surface area contributed by atoms with Crippen molar-refractivity contribution in [1.29, 1.82) is 0 Å². The van der Waals surface area contributed by atoms with Crippen LogP contribution in [0.5, 0.6) is 23.0 Å². The molecule has 3 aromatic carbocycles. The lowest BCUT2D eigenvalue weighted by Crippen LogP contribution is -2.57. The Bertz CT molecular complexity index is 1530. The van der Waals surface area contributed by atoms with E-state index in [-0.39, 0.29) is 49.9 Å². The van der Waals surface area contributed by atoms with Crippen molar-refractivity contribution in [2.45, 2.75) is 38.0 Å². The molecule has 0 unspecified atom stereocenters. The molecule has 3 amide bonds. The molecular weight excluding hydrogens is 586 g/mol. The van der Waals surface area contributed by atoms with E-state index in [2.05, 4.69) is 5.32 Å². The fraction of sp³-hybridized carbons (Fsp3) is 0.364. The third-order valence-electron chi connectivity index (χ3n) is 7.84. The highest BCUT2D eigenvalue weighted by Gasteiger charge is 2.35. The van der Waals surface area contributed by atoms with Crippen LogP contribution in [0.4, 0.5) is 0 Å². The number of piperidine rings is 1. The number of likely N-dealkylation sites (tertiary alicyclic amines) is 1.